The molecule has 0 saturated heterocycles. The molecule has 26 heavy (non-hydrogen) atoms. The van der Waals surface area contributed by atoms with E-state index in [-0.39, 0.29) is 0 Å². The van der Waals surface area contributed by atoms with Gasteiger partial charge in [-0.1, -0.05) is 68.1 Å². The molecule has 0 aliphatic heterocycles. The van der Waals surface area contributed by atoms with Crippen LogP contribution in [0.1, 0.15) is 50.7 Å². The van der Waals surface area contributed by atoms with Gasteiger partial charge in [0.1, 0.15) is 18.1 Å². The lowest BCUT2D eigenvalue weighted by atomic mass is 10.0. The van der Waals surface area contributed by atoms with E-state index in [9.17, 15) is 0 Å². The van der Waals surface area contributed by atoms with E-state index < -0.39 is 0 Å². The summed E-state index contributed by atoms with van der Waals surface area (Å²) in [5.74, 6) is 1.57. The number of methoxy groups -OCH3 is 1. The second-order valence-electron chi connectivity index (χ2n) is 6.08. The Balaban J connectivity index is 0.00000105. The van der Waals surface area contributed by atoms with Gasteiger partial charge in [0.25, 0.3) is 0 Å². The van der Waals surface area contributed by atoms with E-state index in [1.807, 2.05) is 31.2 Å². The lowest BCUT2D eigenvalue weighted by Crippen LogP contribution is -2.00. The van der Waals surface area contributed by atoms with E-state index in [0.717, 1.165) is 17.7 Å². The van der Waals surface area contributed by atoms with Crippen molar-refractivity contribution < 1.29 is 9.47 Å². The van der Waals surface area contributed by atoms with Gasteiger partial charge in [0.05, 0.1) is 12.1 Å². The van der Waals surface area contributed by atoms with Crippen molar-refractivity contribution in [2.45, 2.75) is 52.6 Å². The number of para-hydroxylation sites is 1. The molecule has 2 rings (SSSR count). The van der Waals surface area contributed by atoms with Gasteiger partial charge in [-0.2, -0.15) is 0 Å². The zero-order valence-corrected chi connectivity index (χ0v) is 17.0. The van der Waals surface area contributed by atoms with Crippen molar-refractivity contribution in [2.24, 2.45) is 0 Å². The van der Waals surface area contributed by atoms with E-state index in [1.165, 1.54) is 31.2 Å². The van der Waals surface area contributed by atoms with Gasteiger partial charge < -0.3 is 9.47 Å². The number of unbranched alkanes of at least 4 members (excludes halogenated alkanes) is 3. The molecule has 0 amide bonds. The number of ether oxygens (including phenoxy) is 2. The standard InChI is InChI=1S/C20H25ClO2.C3H6/c1-3-4-5-6-9-16-12-13-17(20(14-16)22-2)15-23-19-11-8-7-10-18(19)21;1-3-2/h7-8,10-14H,3-6,9,15H2,1-2H3;3H,1H2,2H3. The minimum Gasteiger partial charge on any atom is -0.496 e. The smallest absolute Gasteiger partial charge is 0.138 e. The van der Waals surface area contributed by atoms with Gasteiger partial charge in [0, 0.05) is 5.56 Å². The molecule has 0 N–H and O–H groups in total. The van der Waals surface area contributed by atoms with Gasteiger partial charge in [-0.15, -0.1) is 6.58 Å². The molecule has 2 aromatic rings. The molecule has 3 heteroatoms. The van der Waals surface area contributed by atoms with Crippen molar-refractivity contribution >= 4 is 11.6 Å². The van der Waals surface area contributed by atoms with Gasteiger partial charge in [0.2, 0.25) is 0 Å². The summed E-state index contributed by atoms with van der Waals surface area (Å²) in [4.78, 5) is 0. The molecule has 142 valence electrons. The molecule has 2 aromatic carbocycles. The average Bonchev–Trinajstić information content (AvgIpc) is 2.65. The van der Waals surface area contributed by atoms with Crippen molar-refractivity contribution in [2.75, 3.05) is 7.11 Å². The monoisotopic (exact) mass is 374 g/mol. The zero-order valence-electron chi connectivity index (χ0n) is 16.3. The lowest BCUT2D eigenvalue weighted by molar-refractivity contribution is 0.297. The lowest BCUT2D eigenvalue weighted by Gasteiger charge is -2.13. The number of halogens is 1. The van der Waals surface area contributed by atoms with E-state index >= 15 is 0 Å². The van der Waals surface area contributed by atoms with Crippen LogP contribution in [0.25, 0.3) is 0 Å². The Morgan fingerprint density at radius 2 is 1.77 bits per heavy atom. The van der Waals surface area contributed by atoms with Crippen LogP contribution in [0.4, 0.5) is 0 Å². The van der Waals surface area contributed by atoms with Crippen molar-refractivity contribution in [3.8, 4) is 11.5 Å². The first-order valence-corrected chi connectivity index (χ1v) is 9.64. The summed E-state index contributed by atoms with van der Waals surface area (Å²) in [5, 5.41) is 0.624. The summed E-state index contributed by atoms with van der Waals surface area (Å²) in [5.41, 5.74) is 2.35. The Morgan fingerprint density at radius 1 is 1.04 bits per heavy atom. The van der Waals surface area contributed by atoms with Crippen LogP contribution in [0.5, 0.6) is 11.5 Å². The average molecular weight is 375 g/mol. The minimum atomic E-state index is 0.447. The van der Waals surface area contributed by atoms with Crippen LogP contribution in [0.2, 0.25) is 5.02 Å². The molecule has 2 nitrogen and oxygen atoms in total. The molecule has 0 spiro atoms. The number of benzene rings is 2. The van der Waals surface area contributed by atoms with Crippen molar-refractivity contribution in [1.82, 2.24) is 0 Å². The normalized spacial score (nSPS) is 9.85. The van der Waals surface area contributed by atoms with Crippen LogP contribution in [0.3, 0.4) is 0 Å². The van der Waals surface area contributed by atoms with Crippen LogP contribution in [-0.4, -0.2) is 7.11 Å². The number of hydrogen-bond acceptors (Lipinski definition) is 2. The zero-order chi connectivity index (χ0) is 19.2. The largest absolute Gasteiger partial charge is 0.496 e. The molecule has 0 aliphatic carbocycles. The highest BCUT2D eigenvalue weighted by molar-refractivity contribution is 6.32. The predicted molar refractivity (Wildman–Crippen MR) is 112 cm³/mol. The Kier molecular flexibility index (Phi) is 11.3. The molecular formula is C23H31ClO2. The van der Waals surface area contributed by atoms with Crippen LogP contribution in [0.15, 0.2) is 55.1 Å². The van der Waals surface area contributed by atoms with Crippen molar-refractivity contribution in [3.63, 3.8) is 0 Å². The molecular weight excluding hydrogens is 344 g/mol. The SMILES string of the molecule is C=CC.CCCCCCc1ccc(COc2ccccc2Cl)c(OC)c1. The summed E-state index contributed by atoms with van der Waals surface area (Å²) in [6.45, 7) is 7.93. The summed E-state index contributed by atoms with van der Waals surface area (Å²) in [6.07, 6.45) is 7.94. The molecule has 0 unspecified atom stereocenters. The maximum atomic E-state index is 6.12. The first-order chi connectivity index (χ1) is 12.7. The highest BCUT2D eigenvalue weighted by Gasteiger charge is 2.07. The summed E-state index contributed by atoms with van der Waals surface area (Å²) in [6, 6.07) is 13.9. The predicted octanol–water partition coefficient (Wildman–Crippen LogP) is 7.24. The quantitative estimate of drug-likeness (QED) is 0.340. The van der Waals surface area contributed by atoms with Gasteiger partial charge in [-0.25, -0.2) is 0 Å². The maximum Gasteiger partial charge on any atom is 0.138 e. The van der Waals surface area contributed by atoms with Crippen LogP contribution in [-0.2, 0) is 13.0 Å². The van der Waals surface area contributed by atoms with E-state index in [2.05, 4.69) is 31.7 Å². The van der Waals surface area contributed by atoms with Crippen LogP contribution in [0, 0.1) is 0 Å². The fourth-order valence-electron chi connectivity index (χ4n) is 2.54. The van der Waals surface area contributed by atoms with Crippen LogP contribution < -0.4 is 9.47 Å². The molecule has 0 atom stereocenters. The second kappa shape index (κ2) is 13.3. The highest BCUT2D eigenvalue weighted by Crippen LogP contribution is 2.27. The second-order valence-corrected chi connectivity index (χ2v) is 6.49. The fourth-order valence-corrected chi connectivity index (χ4v) is 2.73. The Morgan fingerprint density at radius 3 is 2.42 bits per heavy atom. The molecule has 0 aliphatic rings. The number of hydrogen-bond donors (Lipinski definition) is 0. The third-order valence-electron chi connectivity index (χ3n) is 3.89. The first-order valence-electron chi connectivity index (χ1n) is 9.26. The van der Waals surface area contributed by atoms with Gasteiger partial charge >= 0.3 is 0 Å². The Labute approximate surface area is 163 Å². The van der Waals surface area contributed by atoms with E-state index in [4.69, 9.17) is 21.1 Å². The van der Waals surface area contributed by atoms with E-state index in [1.54, 1.807) is 13.2 Å². The molecule has 0 radical (unpaired) electrons. The Bertz CT molecular complexity index is 652. The molecule has 0 fully saturated rings. The summed E-state index contributed by atoms with van der Waals surface area (Å²) in [7, 11) is 1.70. The fraction of sp³-hybridized carbons (Fsp3) is 0.391. The minimum absolute atomic E-state index is 0.447. The third-order valence-corrected chi connectivity index (χ3v) is 4.20. The van der Waals surface area contributed by atoms with Gasteiger partial charge in [-0.05, 0) is 43.5 Å². The first kappa shape index (κ1) is 22.1. The van der Waals surface area contributed by atoms with Crippen molar-refractivity contribution in [3.05, 3.63) is 71.3 Å². The summed E-state index contributed by atoms with van der Waals surface area (Å²) >= 11 is 6.12. The van der Waals surface area contributed by atoms with E-state index in [0.29, 0.717) is 17.4 Å². The van der Waals surface area contributed by atoms with Crippen molar-refractivity contribution in [1.29, 1.82) is 0 Å². The summed E-state index contributed by atoms with van der Waals surface area (Å²) < 4.78 is 11.3. The molecule has 0 aromatic heterocycles. The van der Waals surface area contributed by atoms with Gasteiger partial charge in [-0.3, -0.25) is 0 Å². The number of allylic oxidation sites excluding steroid dienone is 1. The maximum absolute atomic E-state index is 6.12. The number of aryl methyl sites for hydroxylation is 1. The molecule has 0 saturated carbocycles. The Hall–Kier alpha value is -1.93. The number of rotatable bonds is 9. The van der Waals surface area contributed by atoms with Gasteiger partial charge in [0.15, 0.2) is 0 Å². The van der Waals surface area contributed by atoms with Crippen LogP contribution >= 0.6 is 11.6 Å². The molecule has 0 heterocycles. The topological polar surface area (TPSA) is 18.5 Å². The molecule has 0 bridgehead atoms. The highest BCUT2D eigenvalue weighted by atomic mass is 35.5. The third kappa shape index (κ3) is 7.97.